The van der Waals surface area contributed by atoms with Crippen LogP contribution in [0.3, 0.4) is 0 Å². The summed E-state index contributed by atoms with van der Waals surface area (Å²) in [5.41, 5.74) is 0. The van der Waals surface area contributed by atoms with E-state index < -0.39 is 17.7 Å². The topological polar surface area (TPSA) is 69.7 Å². The molecule has 0 unspecified atom stereocenters. The van der Waals surface area contributed by atoms with Crippen LogP contribution in [-0.2, 0) is 23.9 Å². The first-order valence-corrected chi connectivity index (χ1v) is 7.40. The SMILES string of the molecule is CC(=O)OC1(OC(C)=O)[C@@H]2[C@@H]3C(=O)[C@H]4[C@H]5C[C@H]([C@@H]2[C@H]53)[C@@H]41. The van der Waals surface area contributed by atoms with E-state index in [1.165, 1.54) is 13.8 Å². The molecular weight excluding hydrogens is 260 g/mol. The first-order chi connectivity index (χ1) is 9.47. The van der Waals surface area contributed by atoms with Gasteiger partial charge in [0.25, 0.3) is 5.79 Å². The van der Waals surface area contributed by atoms with Crippen molar-refractivity contribution in [1.82, 2.24) is 0 Å². The summed E-state index contributed by atoms with van der Waals surface area (Å²) in [6.07, 6.45) is 1.05. The summed E-state index contributed by atoms with van der Waals surface area (Å²) in [6, 6.07) is 0. The minimum atomic E-state index is -1.14. The monoisotopic (exact) mass is 276 g/mol. The maximum Gasteiger partial charge on any atom is 0.305 e. The highest BCUT2D eigenvalue weighted by atomic mass is 16.7. The van der Waals surface area contributed by atoms with Crippen LogP contribution < -0.4 is 0 Å². The van der Waals surface area contributed by atoms with Crippen LogP contribution in [0.25, 0.3) is 0 Å². The van der Waals surface area contributed by atoms with Crippen molar-refractivity contribution < 1.29 is 23.9 Å². The standard InChI is InChI=1S/C15H16O5/c1-4(16)19-15(20-5(2)17)12-7-3-6-8-9(7)13(15)11(8)14(18)10(6)12/h6-13H,3H2,1-2H3/t6-,7+,8-,9+,10-,11+,12-,13-/m0/s1. The third kappa shape index (κ3) is 0.860. The summed E-state index contributed by atoms with van der Waals surface area (Å²) >= 11 is 0. The molecule has 5 nitrogen and oxygen atoms in total. The fraction of sp³-hybridized carbons (Fsp3) is 0.800. The van der Waals surface area contributed by atoms with Gasteiger partial charge in [-0.05, 0) is 30.1 Å². The second kappa shape index (κ2) is 2.95. The van der Waals surface area contributed by atoms with Crippen LogP contribution in [0.5, 0.6) is 0 Å². The maximum absolute atomic E-state index is 12.5. The third-order valence-electron chi connectivity index (χ3n) is 6.70. The number of ether oxygens (including phenoxy) is 2. The van der Waals surface area contributed by atoms with Gasteiger partial charge in [-0.2, -0.15) is 0 Å². The van der Waals surface area contributed by atoms with Gasteiger partial charge < -0.3 is 9.47 Å². The van der Waals surface area contributed by atoms with E-state index in [-0.39, 0.29) is 23.7 Å². The van der Waals surface area contributed by atoms with Crippen LogP contribution in [0, 0.1) is 47.3 Å². The molecule has 8 atom stereocenters. The average Bonchev–Trinajstić information content (AvgIpc) is 2.77. The molecular formula is C15H16O5. The predicted molar refractivity (Wildman–Crippen MR) is 63.8 cm³/mol. The molecule has 0 N–H and O–H groups in total. The van der Waals surface area contributed by atoms with Gasteiger partial charge in [-0.3, -0.25) is 14.4 Å². The molecule has 106 valence electrons. The number of esters is 2. The third-order valence-corrected chi connectivity index (χ3v) is 6.70. The number of carbonyl (C=O) groups excluding carboxylic acids is 3. The fourth-order valence-electron chi connectivity index (χ4n) is 6.86. The molecule has 5 rings (SSSR count). The molecule has 0 heterocycles. The van der Waals surface area contributed by atoms with Crippen molar-refractivity contribution in [3.05, 3.63) is 0 Å². The summed E-state index contributed by atoms with van der Waals surface area (Å²) in [6.45, 7) is 2.70. The smallest absolute Gasteiger partial charge is 0.305 e. The first-order valence-electron chi connectivity index (χ1n) is 7.40. The van der Waals surface area contributed by atoms with E-state index in [1.54, 1.807) is 0 Å². The minimum Gasteiger partial charge on any atom is -0.422 e. The van der Waals surface area contributed by atoms with Crippen LogP contribution >= 0.6 is 0 Å². The molecule has 0 amide bonds. The number of Topliss-reactive ketones (excluding diaryl/α,β-unsaturated/α-hetero) is 1. The van der Waals surface area contributed by atoms with Crippen molar-refractivity contribution in [3.8, 4) is 0 Å². The van der Waals surface area contributed by atoms with Gasteiger partial charge in [0.15, 0.2) is 0 Å². The number of hydrogen-bond acceptors (Lipinski definition) is 5. The zero-order valence-corrected chi connectivity index (χ0v) is 11.4. The Balaban J connectivity index is 1.67. The Hall–Kier alpha value is -1.39. The highest BCUT2D eigenvalue weighted by molar-refractivity contribution is 5.92. The van der Waals surface area contributed by atoms with Crippen molar-refractivity contribution in [3.63, 3.8) is 0 Å². The molecule has 0 aromatic heterocycles. The summed E-state index contributed by atoms with van der Waals surface area (Å²) in [4.78, 5) is 35.6. The van der Waals surface area contributed by atoms with Crippen LogP contribution in [-0.4, -0.2) is 23.5 Å². The predicted octanol–water partition coefficient (Wildman–Crippen LogP) is 0.766. The maximum atomic E-state index is 12.5. The van der Waals surface area contributed by atoms with Crippen molar-refractivity contribution in [2.75, 3.05) is 0 Å². The van der Waals surface area contributed by atoms with Gasteiger partial charge in [0.2, 0.25) is 0 Å². The van der Waals surface area contributed by atoms with E-state index in [1.807, 2.05) is 0 Å². The largest absolute Gasteiger partial charge is 0.422 e. The molecule has 20 heavy (non-hydrogen) atoms. The molecule has 0 aromatic rings. The van der Waals surface area contributed by atoms with Crippen LogP contribution in [0.4, 0.5) is 0 Å². The van der Waals surface area contributed by atoms with Crippen molar-refractivity contribution in [2.45, 2.75) is 26.1 Å². The number of carbonyl (C=O) groups is 3. The number of rotatable bonds is 2. The van der Waals surface area contributed by atoms with Gasteiger partial charge >= 0.3 is 11.9 Å². The first kappa shape index (κ1) is 11.3. The van der Waals surface area contributed by atoms with Gasteiger partial charge in [0, 0.05) is 31.6 Å². The molecule has 0 saturated heterocycles. The Morgan fingerprint density at radius 1 is 1.00 bits per heavy atom. The molecule has 0 aliphatic heterocycles. The lowest BCUT2D eigenvalue weighted by atomic mass is 9.58. The number of ketones is 1. The van der Waals surface area contributed by atoms with Gasteiger partial charge in [-0.1, -0.05) is 0 Å². The molecule has 2 bridgehead atoms. The van der Waals surface area contributed by atoms with E-state index in [4.69, 9.17) is 9.47 Å². The lowest BCUT2D eigenvalue weighted by Crippen LogP contribution is -2.61. The molecule has 5 aliphatic rings. The average molecular weight is 276 g/mol. The lowest BCUT2D eigenvalue weighted by Gasteiger charge is -2.50. The van der Waals surface area contributed by atoms with Crippen LogP contribution in [0.15, 0.2) is 0 Å². The van der Waals surface area contributed by atoms with E-state index in [0.29, 0.717) is 29.5 Å². The fourth-order valence-corrected chi connectivity index (χ4v) is 6.86. The second-order valence-electron chi connectivity index (χ2n) is 7.13. The highest BCUT2D eigenvalue weighted by Crippen LogP contribution is 2.84. The Morgan fingerprint density at radius 2 is 1.65 bits per heavy atom. The van der Waals surface area contributed by atoms with E-state index in [0.717, 1.165) is 6.42 Å². The molecule has 5 heteroatoms. The molecule has 5 fully saturated rings. The van der Waals surface area contributed by atoms with Crippen molar-refractivity contribution in [2.24, 2.45) is 47.3 Å². The Labute approximate surface area is 116 Å². The molecule has 5 aliphatic carbocycles. The molecule has 5 saturated carbocycles. The zero-order chi connectivity index (χ0) is 14.0. The van der Waals surface area contributed by atoms with Gasteiger partial charge in [0.05, 0.1) is 5.92 Å². The normalized spacial score (nSPS) is 54.2. The summed E-state index contributed by atoms with van der Waals surface area (Å²) in [7, 11) is 0. The Morgan fingerprint density at radius 3 is 2.25 bits per heavy atom. The molecule has 0 radical (unpaired) electrons. The second-order valence-corrected chi connectivity index (χ2v) is 7.13. The van der Waals surface area contributed by atoms with Crippen molar-refractivity contribution in [1.29, 1.82) is 0 Å². The van der Waals surface area contributed by atoms with E-state index >= 15 is 0 Å². The van der Waals surface area contributed by atoms with E-state index in [9.17, 15) is 14.4 Å². The number of hydrogen-bond donors (Lipinski definition) is 0. The number of fused-ring (bicyclic) bond motifs is 2. The summed E-state index contributed by atoms with van der Waals surface area (Å²) in [5.74, 6) is -0.108. The zero-order valence-electron chi connectivity index (χ0n) is 11.4. The van der Waals surface area contributed by atoms with Crippen molar-refractivity contribution >= 4 is 17.7 Å². The quantitative estimate of drug-likeness (QED) is 0.550. The molecule has 0 spiro atoms. The minimum absolute atomic E-state index is 0.0301. The highest BCUT2D eigenvalue weighted by Gasteiger charge is 2.90. The van der Waals surface area contributed by atoms with Gasteiger partial charge in [0.1, 0.15) is 5.78 Å². The van der Waals surface area contributed by atoms with Crippen LogP contribution in [0.2, 0.25) is 0 Å². The Bertz CT molecular complexity index is 565. The Kier molecular flexibility index (Phi) is 1.66. The van der Waals surface area contributed by atoms with Crippen LogP contribution in [0.1, 0.15) is 20.3 Å². The van der Waals surface area contributed by atoms with E-state index in [2.05, 4.69) is 0 Å². The summed E-state index contributed by atoms with van der Waals surface area (Å²) in [5, 5.41) is 0. The lowest BCUT2D eigenvalue weighted by molar-refractivity contribution is -0.280. The summed E-state index contributed by atoms with van der Waals surface area (Å²) < 4.78 is 11.2. The molecule has 0 aromatic carbocycles. The van der Waals surface area contributed by atoms with Gasteiger partial charge in [-0.25, -0.2) is 0 Å². The van der Waals surface area contributed by atoms with Gasteiger partial charge in [-0.15, -0.1) is 0 Å².